The number of aryl methyl sites for hydroxylation is 1. The van der Waals surface area contributed by atoms with Crippen molar-refractivity contribution in [3.63, 3.8) is 0 Å². The lowest BCUT2D eigenvalue weighted by Gasteiger charge is -2.12. The summed E-state index contributed by atoms with van der Waals surface area (Å²) in [5, 5.41) is 9.60. The number of carbonyl (C=O) groups is 5. The average Bonchev–Trinajstić information content (AvgIpc) is 3.25. The zero-order chi connectivity index (χ0) is 43.9. The molecule has 1 N–H and O–H groups in total. The Kier molecular flexibility index (Phi) is 15.7. The number of esters is 5. The molecule has 0 amide bonds. The molecular weight excluding hydrogens is 789 g/mol. The Bertz CT molecular complexity index is 2370. The van der Waals surface area contributed by atoms with Crippen LogP contribution in [0.15, 0.2) is 140 Å². The molecule has 0 bridgehead atoms. The second-order valence-electron chi connectivity index (χ2n) is 13.3. The van der Waals surface area contributed by atoms with Crippen molar-refractivity contribution >= 4 is 29.8 Å². The summed E-state index contributed by atoms with van der Waals surface area (Å²) in [6, 6.07) is 28.6. The molecule has 1 unspecified atom stereocenters. The van der Waals surface area contributed by atoms with Crippen LogP contribution in [-0.4, -0.2) is 67.7 Å². The van der Waals surface area contributed by atoms with Gasteiger partial charge in [-0.25, -0.2) is 24.0 Å². The molecule has 5 aromatic rings. The first-order valence-corrected chi connectivity index (χ1v) is 18.7. The highest BCUT2D eigenvalue weighted by Gasteiger charge is 2.16. The summed E-state index contributed by atoms with van der Waals surface area (Å²) >= 11 is 0. The van der Waals surface area contributed by atoms with E-state index in [4.69, 9.17) is 37.9 Å². The van der Waals surface area contributed by atoms with Crippen LogP contribution in [0.4, 0.5) is 0 Å². The molecule has 0 saturated carbocycles. The molecule has 0 aliphatic carbocycles. The van der Waals surface area contributed by atoms with E-state index in [1.807, 2.05) is 0 Å². The van der Waals surface area contributed by atoms with E-state index in [-0.39, 0.29) is 71.7 Å². The standard InChI is InChI=1S/C47H42O14/c1-29(2)42(48)56-26-24-54-36-14-6-32(7-15-36)44(50)58-38-18-10-34(11-19-38)46(52)60-40-22-23-41(31(5)28-40)61-47(53)35-12-20-39(21-13-35)59-45(51)33-8-16-37(17-9-33)55-25-27-57-43(49)30(3)4/h6-23,28,42,48H,1,3,24-27H2,2,4-5H3. The number of ether oxygens (including phenoxy) is 8. The second-order valence-corrected chi connectivity index (χ2v) is 13.3. The Labute approximate surface area is 351 Å². The molecule has 0 aliphatic rings. The van der Waals surface area contributed by atoms with Gasteiger partial charge in [0.15, 0.2) is 6.29 Å². The first-order chi connectivity index (χ1) is 29.2. The molecule has 0 fully saturated rings. The van der Waals surface area contributed by atoms with Crippen LogP contribution in [0.25, 0.3) is 0 Å². The maximum Gasteiger partial charge on any atom is 0.343 e. The maximum atomic E-state index is 12.9. The number of hydrogen-bond acceptors (Lipinski definition) is 14. The molecule has 0 aromatic heterocycles. The van der Waals surface area contributed by atoms with Gasteiger partial charge in [0.1, 0.15) is 54.3 Å². The second kappa shape index (κ2) is 21.5. The van der Waals surface area contributed by atoms with E-state index in [2.05, 4.69) is 13.2 Å². The van der Waals surface area contributed by atoms with Crippen LogP contribution >= 0.6 is 0 Å². The molecule has 14 heteroatoms. The Balaban J connectivity index is 1.05. The van der Waals surface area contributed by atoms with Crippen molar-refractivity contribution in [3.8, 4) is 34.5 Å². The minimum absolute atomic E-state index is 0.0461. The monoisotopic (exact) mass is 830 g/mol. The van der Waals surface area contributed by atoms with Crippen molar-refractivity contribution < 1.29 is 67.0 Å². The number of rotatable bonds is 19. The molecule has 5 rings (SSSR count). The summed E-state index contributed by atoms with van der Waals surface area (Å²) in [4.78, 5) is 62.6. The minimum Gasteiger partial charge on any atom is -0.491 e. The van der Waals surface area contributed by atoms with Crippen molar-refractivity contribution in [1.29, 1.82) is 0 Å². The molecule has 0 saturated heterocycles. The van der Waals surface area contributed by atoms with Crippen molar-refractivity contribution in [2.45, 2.75) is 27.1 Å². The summed E-state index contributed by atoms with van der Waals surface area (Å²) in [5.41, 5.74) is 2.22. The largest absolute Gasteiger partial charge is 0.491 e. The molecule has 314 valence electrons. The first kappa shape index (κ1) is 44.6. The van der Waals surface area contributed by atoms with E-state index in [1.165, 1.54) is 78.9 Å². The van der Waals surface area contributed by atoms with Crippen molar-refractivity contribution in [2.75, 3.05) is 26.4 Å². The summed E-state index contributed by atoms with van der Waals surface area (Å²) in [6.45, 7) is 12.5. The Morgan fingerprint density at radius 1 is 0.508 bits per heavy atom. The molecule has 0 spiro atoms. The van der Waals surface area contributed by atoms with E-state index in [9.17, 15) is 29.1 Å². The van der Waals surface area contributed by atoms with Crippen LogP contribution in [0.3, 0.4) is 0 Å². The molecule has 0 aliphatic heterocycles. The van der Waals surface area contributed by atoms with Gasteiger partial charge in [-0.1, -0.05) is 13.2 Å². The van der Waals surface area contributed by atoms with Crippen LogP contribution in [0, 0.1) is 6.92 Å². The highest BCUT2D eigenvalue weighted by atomic mass is 16.6. The molecular formula is C47H42O14. The van der Waals surface area contributed by atoms with Crippen LogP contribution < -0.4 is 28.4 Å². The van der Waals surface area contributed by atoms with Crippen LogP contribution in [0.5, 0.6) is 34.5 Å². The molecule has 0 heterocycles. The van der Waals surface area contributed by atoms with E-state index in [0.29, 0.717) is 28.2 Å². The summed E-state index contributed by atoms with van der Waals surface area (Å²) in [6.07, 6.45) is -1.06. The third-order valence-electron chi connectivity index (χ3n) is 8.32. The van der Waals surface area contributed by atoms with Crippen molar-refractivity contribution in [2.24, 2.45) is 0 Å². The average molecular weight is 831 g/mol. The van der Waals surface area contributed by atoms with Gasteiger partial charge in [0, 0.05) is 5.57 Å². The van der Waals surface area contributed by atoms with Gasteiger partial charge in [0.2, 0.25) is 0 Å². The van der Waals surface area contributed by atoms with Gasteiger partial charge >= 0.3 is 29.8 Å². The Morgan fingerprint density at radius 3 is 1.30 bits per heavy atom. The lowest BCUT2D eigenvalue weighted by atomic mass is 10.2. The Morgan fingerprint density at radius 2 is 0.885 bits per heavy atom. The Hall–Kier alpha value is -7.55. The fourth-order valence-electron chi connectivity index (χ4n) is 5.03. The smallest absolute Gasteiger partial charge is 0.343 e. The van der Waals surface area contributed by atoms with E-state index < -0.39 is 36.1 Å². The lowest BCUT2D eigenvalue weighted by Crippen LogP contribution is -2.17. The van der Waals surface area contributed by atoms with Crippen LogP contribution in [0.1, 0.15) is 60.8 Å². The quantitative estimate of drug-likeness (QED) is 0.0214. The molecule has 14 nitrogen and oxygen atoms in total. The third-order valence-corrected chi connectivity index (χ3v) is 8.32. The van der Waals surface area contributed by atoms with Crippen molar-refractivity contribution in [3.05, 3.63) is 167 Å². The third kappa shape index (κ3) is 13.5. The summed E-state index contributed by atoms with van der Waals surface area (Å²) < 4.78 is 43.1. The van der Waals surface area contributed by atoms with Crippen LogP contribution in [0.2, 0.25) is 0 Å². The SMILES string of the molecule is C=C(C)C(=O)OCCOc1ccc(C(=O)Oc2ccc(C(=O)Oc3ccc(OC(=O)c4ccc(OC(=O)c5ccc(OCCOC(O)C(=C)C)cc5)cc4)cc3C)cc2)cc1. The van der Waals surface area contributed by atoms with Crippen molar-refractivity contribution in [1.82, 2.24) is 0 Å². The minimum atomic E-state index is -1.06. The summed E-state index contributed by atoms with van der Waals surface area (Å²) in [5.74, 6) is -1.26. The highest BCUT2D eigenvalue weighted by molar-refractivity contribution is 5.94. The first-order valence-electron chi connectivity index (χ1n) is 18.7. The normalized spacial score (nSPS) is 11.0. The number of aliphatic hydroxyl groups is 1. The van der Waals surface area contributed by atoms with E-state index in [0.717, 1.165) is 0 Å². The number of hydrogen-bond donors (Lipinski definition) is 1. The topological polar surface area (TPSA) is 179 Å². The predicted octanol–water partition coefficient (Wildman–Crippen LogP) is 7.66. The predicted molar refractivity (Wildman–Crippen MR) is 220 cm³/mol. The molecule has 5 aromatic carbocycles. The van der Waals surface area contributed by atoms with Gasteiger partial charge in [0.05, 0.1) is 28.9 Å². The van der Waals surface area contributed by atoms with Gasteiger partial charge < -0.3 is 43.0 Å². The number of aliphatic hydroxyl groups excluding tert-OH is 1. The fourth-order valence-corrected chi connectivity index (χ4v) is 5.03. The van der Waals surface area contributed by atoms with Gasteiger partial charge in [-0.05, 0) is 147 Å². The molecule has 61 heavy (non-hydrogen) atoms. The molecule has 0 radical (unpaired) electrons. The van der Waals surface area contributed by atoms with E-state index in [1.54, 1.807) is 57.2 Å². The fraction of sp³-hybridized carbons (Fsp3) is 0.170. The molecule has 1 atom stereocenters. The number of benzene rings is 5. The zero-order valence-electron chi connectivity index (χ0n) is 33.5. The number of carbonyl (C=O) groups excluding carboxylic acids is 5. The zero-order valence-corrected chi connectivity index (χ0v) is 33.5. The highest BCUT2D eigenvalue weighted by Crippen LogP contribution is 2.26. The van der Waals surface area contributed by atoms with E-state index >= 15 is 0 Å². The maximum absolute atomic E-state index is 12.9. The van der Waals surface area contributed by atoms with Crippen LogP contribution in [-0.2, 0) is 14.3 Å². The van der Waals surface area contributed by atoms with Gasteiger partial charge in [-0.15, -0.1) is 0 Å². The van der Waals surface area contributed by atoms with Gasteiger partial charge in [-0.3, -0.25) is 0 Å². The van der Waals surface area contributed by atoms with Gasteiger partial charge in [-0.2, -0.15) is 0 Å². The summed E-state index contributed by atoms with van der Waals surface area (Å²) in [7, 11) is 0. The van der Waals surface area contributed by atoms with Gasteiger partial charge in [0.25, 0.3) is 0 Å². The lowest BCUT2D eigenvalue weighted by molar-refractivity contribution is -0.139.